The quantitative estimate of drug-likeness (QED) is 0.656. The molecule has 1 aliphatic rings. The summed E-state index contributed by atoms with van der Waals surface area (Å²) < 4.78 is 5.93. The van der Waals surface area contributed by atoms with Crippen molar-refractivity contribution in [1.82, 2.24) is 5.32 Å². The second kappa shape index (κ2) is 5.86. The molecule has 0 bridgehead atoms. The molecule has 2 atom stereocenters. The lowest BCUT2D eigenvalue weighted by molar-refractivity contribution is -0.116. The Bertz CT molecular complexity index is 179. The van der Waals surface area contributed by atoms with Crippen molar-refractivity contribution >= 4 is 0 Å². The molecule has 1 rings (SSSR count). The molecule has 0 aromatic carbocycles. The number of hydrogen-bond donors (Lipinski definition) is 1. The molecule has 0 spiro atoms. The summed E-state index contributed by atoms with van der Waals surface area (Å²) in [5, 5.41) is 3.35. The maximum Gasteiger partial charge on any atom is 0.0655 e. The van der Waals surface area contributed by atoms with E-state index in [-0.39, 0.29) is 0 Å². The van der Waals surface area contributed by atoms with Crippen LogP contribution in [0.2, 0.25) is 0 Å². The molecule has 90 valence electrons. The van der Waals surface area contributed by atoms with Gasteiger partial charge in [0.05, 0.1) is 6.10 Å². The molecule has 2 unspecified atom stereocenters. The van der Waals surface area contributed by atoms with Crippen LogP contribution in [0.15, 0.2) is 0 Å². The van der Waals surface area contributed by atoms with Crippen LogP contribution in [0, 0.1) is 5.41 Å². The van der Waals surface area contributed by atoms with Gasteiger partial charge in [0.2, 0.25) is 0 Å². The zero-order valence-electron chi connectivity index (χ0n) is 10.8. The van der Waals surface area contributed by atoms with Crippen molar-refractivity contribution in [2.75, 3.05) is 13.7 Å². The average Bonchev–Trinajstić information content (AvgIpc) is 2.21. The molecule has 0 amide bonds. The smallest absolute Gasteiger partial charge is 0.0655 e. The Morgan fingerprint density at radius 3 is 2.53 bits per heavy atom. The summed E-state index contributed by atoms with van der Waals surface area (Å²) in [4.78, 5) is 0. The zero-order valence-corrected chi connectivity index (χ0v) is 10.8. The molecular formula is C13H27NO. The fourth-order valence-corrected chi connectivity index (χ4v) is 2.41. The summed E-state index contributed by atoms with van der Waals surface area (Å²) in [6.07, 6.45) is 6.84. The largest absolute Gasteiger partial charge is 0.378 e. The number of hydrogen-bond acceptors (Lipinski definition) is 2. The number of nitrogens with one attached hydrogen (secondary N) is 1. The minimum atomic E-state index is 0.319. The second-order valence-electron chi connectivity index (χ2n) is 5.32. The molecule has 2 nitrogen and oxygen atoms in total. The lowest BCUT2D eigenvalue weighted by atomic mass is 9.64. The molecule has 1 saturated carbocycles. The van der Waals surface area contributed by atoms with Gasteiger partial charge in [0, 0.05) is 18.1 Å². The van der Waals surface area contributed by atoms with Crippen LogP contribution in [0.4, 0.5) is 0 Å². The van der Waals surface area contributed by atoms with Gasteiger partial charge >= 0.3 is 0 Å². The molecule has 0 radical (unpaired) electrons. The third-order valence-corrected chi connectivity index (χ3v) is 3.84. The summed E-state index contributed by atoms with van der Waals surface area (Å²) >= 11 is 0. The highest BCUT2D eigenvalue weighted by Gasteiger charge is 2.47. The average molecular weight is 213 g/mol. The molecule has 1 aliphatic carbocycles. The van der Waals surface area contributed by atoms with Crippen molar-refractivity contribution in [2.45, 2.75) is 65.0 Å². The van der Waals surface area contributed by atoms with Crippen LogP contribution in [-0.4, -0.2) is 25.8 Å². The molecule has 0 aliphatic heterocycles. The van der Waals surface area contributed by atoms with E-state index in [0.29, 0.717) is 17.6 Å². The number of unbranched alkanes of at least 4 members (excludes halogenated alkanes) is 3. The van der Waals surface area contributed by atoms with E-state index in [0.717, 1.165) is 6.61 Å². The van der Waals surface area contributed by atoms with Crippen LogP contribution in [0.25, 0.3) is 0 Å². The van der Waals surface area contributed by atoms with Gasteiger partial charge in [-0.3, -0.25) is 0 Å². The molecule has 0 heterocycles. The van der Waals surface area contributed by atoms with Crippen molar-refractivity contribution in [2.24, 2.45) is 5.41 Å². The van der Waals surface area contributed by atoms with Crippen LogP contribution in [-0.2, 0) is 4.74 Å². The highest BCUT2D eigenvalue weighted by Crippen LogP contribution is 2.42. The van der Waals surface area contributed by atoms with E-state index in [1.807, 2.05) is 7.05 Å². The van der Waals surface area contributed by atoms with E-state index < -0.39 is 0 Å². The minimum Gasteiger partial charge on any atom is -0.378 e. The van der Waals surface area contributed by atoms with Crippen molar-refractivity contribution in [3.8, 4) is 0 Å². The topological polar surface area (TPSA) is 21.3 Å². The van der Waals surface area contributed by atoms with E-state index in [4.69, 9.17) is 4.74 Å². The maximum atomic E-state index is 5.93. The molecule has 0 aromatic rings. The molecular weight excluding hydrogens is 186 g/mol. The predicted octanol–water partition coefficient (Wildman–Crippen LogP) is 2.97. The normalized spacial score (nSPS) is 28.8. The van der Waals surface area contributed by atoms with Crippen molar-refractivity contribution in [3.05, 3.63) is 0 Å². The van der Waals surface area contributed by atoms with E-state index in [9.17, 15) is 0 Å². The molecule has 15 heavy (non-hydrogen) atoms. The third-order valence-electron chi connectivity index (χ3n) is 3.84. The fourth-order valence-electron chi connectivity index (χ4n) is 2.41. The Labute approximate surface area is 94.8 Å². The SMILES string of the molecule is CCCCCCOC1CC(NC)C1(C)C. The number of ether oxygens (including phenoxy) is 1. The molecule has 0 aromatic heterocycles. The summed E-state index contributed by atoms with van der Waals surface area (Å²) in [6.45, 7) is 7.79. The van der Waals surface area contributed by atoms with E-state index in [2.05, 4.69) is 26.1 Å². The summed E-state index contributed by atoms with van der Waals surface area (Å²) in [6, 6.07) is 0.637. The lowest BCUT2D eigenvalue weighted by Crippen LogP contribution is -2.60. The Balaban J connectivity index is 2.08. The Morgan fingerprint density at radius 1 is 1.27 bits per heavy atom. The molecule has 1 N–H and O–H groups in total. The number of rotatable bonds is 7. The maximum absolute atomic E-state index is 5.93. The first-order valence-electron chi connectivity index (χ1n) is 6.41. The van der Waals surface area contributed by atoms with Gasteiger partial charge in [-0.15, -0.1) is 0 Å². The van der Waals surface area contributed by atoms with E-state index >= 15 is 0 Å². The van der Waals surface area contributed by atoms with Gasteiger partial charge in [-0.2, -0.15) is 0 Å². The van der Waals surface area contributed by atoms with Crippen molar-refractivity contribution < 1.29 is 4.74 Å². The van der Waals surface area contributed by atoms with Crippen molar-refractivity contribution in [1.29, 1.82) is 0 Å². The van der Waals surface area contributed by atoms with Gasteiger partial charge in [0.15, 0.2) is 0 Å². The lowest BCUT2D eigenvalue weighted by Gasteiger charge is -2.51. The first-order valence-corrected chi connectivity index (χ1v) is 6.41. The highest BCUT2D eigenvalue weighted by molar-refractivity contribution is 5.02. The van der Waals surface area contributed by atoms with Gasteiger partial charge in [0.25, 0.3) is 0 Å². The fraction of sp³-hybridized carbons (Fsp3) is 1.00. The predicted molar refractivity (Wildman–Crippen MR) is 65.1 cm³/mol. The van der Waals surface area contributed by atoms with Gasteiger partial charge in [-0.1, -0.05) is 40.0 Å². The molecule has 0 saturated heterocycles. The van der Waals surface area contributed by atoms with Gasteiger partial charge in [-0.05, 0) is 19.9 Å². The van der Waals surface area contributed by atoms with Crippen LogP contribution in [0.3, 0.4) is 0 Å². The standard InChI is InChI=1S/C13H27NO/c1-5-6-7-8-9-15-12-10-11(14-4)13(12,2)3/h11-12,14H,5-10H2,1-4H3. The first-order chi connectivity index (χ1) is 7.12. The van der Waals surface area contributed by atoms with E-state index in [1.54, 1.807) is 0 Å². The van der Waals surface area contributed by atoms with E-state index in [1.165, 1.54) is 32.1 Å². The van der Waals surface area contributed by atoms with Gasteiger partial charge < -0.3 is 10.1 Å². The van der Waals surface area contributed by atoms with Crippen LogP contribution in [0.5, 0.6) is 0 Å². The first kappa shape index (κ1) is 13.0. The Kier molecular flexibility index (Phi) is 5.07. The van der Waals surface area contributed by atoms with Gasteiger partial charge in [0.1, 0.15) is 0 Å². The summed E-state index contributed by atoms with van der Waals surface area (Å²) in [5.41, 5.74) is 0.319. The van der Waals surface area contributed by atoms with Crippen LogP contribution >= 0.6 is 0 Å². The highest BCUT2D eigenvalue weighted by atomic mass is 16.5. The molecule has 1 fully saturated rings. The van der Waals surface area contributed by atoms with Gasteiger partial charge in [-0.25, -0.2) is 0 Å². The Morgan fingerprint density at radius 2 is 2.00 bits per heavy atom. The Hall–Kier alpha value is -0.0800. The van der Waals surface area contributed by atoms with Crippen molar-refractivity contribution in [3.63, 3.8) is 0 Å². The monoisotopic (exact) mass is 213 g/mol. The molecule has 2 heteroatoms. The second-order valence-corrected chi connectivity index (χ2v) is 5.32. The van der Waals surface area contributed by atoms with Crippen LogP contribution < -0.4 is 5.32 Å². The zero-order chi connectivity index (χ0) is 11.3. The summed E-state index contributed by atoms with van der Waals surface area (Å²) in [7, 11) is 2.05. The van der Waals surface area contributed by atoms with Crippen LogP contribution in [0.1, 0.15) is 52.9 Å². The minimum absolute atomic E-state index is 0.319. The third kappa shape index (κ3) is 3.18. The summed E-state index contributed by atoms with van der Waals surface area (Å²) in [5.74, 6) is 0.